The molecule has 0 aromatic carbocycles. The first kappa shape index (κ1) is 27.6. The van der Waals surface area contributed by atoms with Gasteiger partial charge in [0.25, 0.3) is 5.56 Å². The second-order valence-electron chi connectivity index (χ2n) is 7.93. The molecule has 1 rings (SSSR count). The standard InChI is InChI=1S/C23H34N4O6/c1-6-33-21(30)12-8-7-10-18(25-17(5)28)22(31)26-19-11-9-13-27(23(19)32)14-20(29)24-16(4)15(2)3/h8-9,11-13,15-16,18H,6-7,10,14H2,1-5H3,(H,24,29)(H,25,28)(H,26,31)/b12-8+/t16?,18-/m0/s1. The first-order valence-electron chi connectivity index (χ1n) is 10.9. The summed E-state index contributed by atoms with van der Waals surface area (Å²) in [5, 5.41) is 7.89. The number of anilines is 1. The minimum atomic E-state index is -0.919. The average molecular weight is 463 g/mol. The van der Waals surface area contributed by atoms with Crippen molar-refractivity contribution in [1.82, 2.24) is 15.2 Å². The van der Waals surface area contributed by atoms with Crippen molar-refractivity contribution < 1.29 is 23.9 Å². The van der Waals surface area contributed by atoms with Crippen LogP contribution in [0.15, 0.2) is 35.3 Å². The van der Waals surface area contributed by atoms with Crippen molar-refractivity contribution in [3.8, 4) is 0 Å². The predicted molar refractivity (Wildman–Crippen MR) is 124 cm³/mol. The van der Waals surface area contributed by atoms with Crippen molar-refractivity contribution >= 4 is 29.4 Å². The summed E-state index contributed by atoms with van der Waals surface area (Å²) in [6.45, 7) is 8.88. The zero-order valence-corrected chi connectivity index (χ0v) is 19.8. The maximum absolute atomic E-state index is 12.7. The van der Waals surface area contributed by atoms with Gasteiger partial charge in [-0.1, -0.05) is 19.9 Å². The highest BCUT2D eigenvalue weighted by Crippen LogP contribution is 2.06. The normalized spacial score (nSPS) is 12.8. The lowest BCUT2D eigenvalue weighted by molar-refractivity contribution is -0.137. The van der Waals surface area contributed by atoms with Crippen molar-refractivity contribution in [2.24, 2.45) is 5.92 Å². The van der Waals surface area contributed by atoms with Gasteiger partial charge in [-0.25, -0.2) is 4.79 Å². The van der Waals surface area contributed by atoms with E-state index < -0.39 is 29.4 Å². The van der Waals surface area contributed by atoms with Crippen molar-refractivity contribution in [1.29, 1.82) is 0 Å². The summed E-state index contributed by atoms with van der Waals surface area (Å²) in [6.07, 6.45) is 4.80. The molecular weight excluding hydrogens is 428 g/mol. The molecule has 0 aliphatic heterocycles. The number of carbonyl (C=O) groups excluding carboxylic acids is 4. The monoisotopic (exact) mass is 462 g/mol. The number of amides is 3. The van der Waals surface area contributed by atoms with Gasteiger partial charge in [0.05, 0.1) is 6.61 Å². The zero-order valence-electron chi connectivity index (χ0n) is 19.8. The van der Waals surface area contributed by atoms with E-state index in [0.29, 0.717) is 6.42 Å². The second-order valence-corrected chi connectivity index (χ2v) is 7.93. The van der Waals surface area contributed by atoms with Crippen LogP contribution >= 0.6 is 0 Å². The van der Waals surface area contributed by atoms with E-state index in [9.17, 15) is 24.0 Å². The number of allylic oxidation sites excluding steroid dienone is 1. The van der Waals surface area contributed by atoms with Gasteiger partial charge in [0.15, 0.2) is 0 Å². The van der Waals surface area contributed by atoms with Gasteiger partial charge >= 0.3 is 5.97 Å². The molecular formula is C23H34N4O6. The van der Waals surface area contributed by atoms with Gasteiger partial charge in [0.2, 0.25) is 17.7 Å². The summed E-state index contributed by atoms with van der Waals surface area (Å²) in [7, 11) is 0. The fourth-order valence-corrected chi connectivity index (χ4v) is 2.74. The third-order valence-corrected chi connectivity index (χ3v) is 4.84. The van der Waals surface area contributed by atoms with Crippen molar-refractivity contribution in [2.45, 2.75) is 66.1 Å². The van der Waals surface area contributed by atoms with E-state index in [2.05, 4.69) is 16.0 Å². The van der Waals surface area contributed by atoms with E-state index >= 15 is 0 Å². The van der Waals surface area contributed by atoms with Crippen LogP contribution in [0.1, 0.15) is 47.5 Å². The zero-order chi connectivity index (χ0) is 25.0. The van der Waals surface area contributed by atoms with Gasteiger partial charge in [-0.15, -0.1) is 0 Å². The van der Waals surface area contributed by atoms with Gasteiger partial charge in [-0.05, 0) is 44.7 Å². The Morgan fingerprint density at radius 1 is 1.15 bits per heavy atom. The number of ether oxygens (including phenoxy) is 1. The molecule has 1 unspecified atom stereocenters. The lowest BCUT2D eigenvalue weighted by atomic mass is 10.1. The average Bonchev–Trinajstić information content (AvgIpc) is 2.72. The number of pyridine rings is 1. The molecule has 3 amide bonds. The minimum absolute atomic E-state index is 0.00961. The quantitative estimate of drug-likeness (QED) is 0.317. The number of nitrogens with one attached hydrogen (secondary N) is 3. The smallest absolute Gasteiger partial charge is 0.330 e. The van der Waals surface area contributed by atoms with Crippen LogP contribution in [0.4, 0.5) is 5.69 Å². The number of hydrogen-bond donors (Lipinski definition) is 3. The molecule has 0 saturated carbocycles. The second kappa shape index (κ2) is 13.9. The van der Waals surface area contributed by atoms with E-state index in [0.717, 1.165) is 0 Å². The van der Waals surface area contributed by atoms with Crippen molar-refractivity contribution in [3.63, 3.8) is 0 Å². The summed E-state index contributed by atoms with van der Waals surface area (Å²) >= 11 is 0. The topological polar surface area (TPSA) is 136 Å². The molecule has 0 fully saturated rings. The van der Waals surface area contributed by atoms with E-state index in [-0.39, 0.29) is 43.1 Å². The third-order valence-electron chi connectivity index (χ3n) is 4.84. The first-order chi connectivity index (χ1) is 15.5. The van der Waals surface area contributed by atoms with Crippen molar-refractivity contribution in [2.75, 3.05) is 11.9 Å². The number of rotatable bonds is 12. The molecule has 1 aromatic rings. The predicted octanol–water partition coefficient (Wildman–Crippen LogP) is 1.35. The van der Waals surface area contributed by atoms with Crippen LogP contribution in [-0.4, -0.2) is 46.9 Å². The van der Waals surface area contributed by atoms with Gasteiger partial charge in [0.1, 0.15) is 18.3 Å². The Labute approximate surface area is 193 Å². The maximum atomic E-state index is 12.7. The Bertz CT molecular complexity index is 922. The first-order valence-corrected chi connectivity index (χ1v) is 10.9. The number of carbonyl (C=O) groups is 4. The SMILES string of the molecule is CCOC(=O)/C=C/CC[C@H](NC(C)=O)C(=O)Nc1cccn(CC(=O)NC(C)C(C)C)c1=O. The Balaban J connectivity index is 2.85. The molecule has 10 nitrogen and oxygen atoms in total. The molecule has 0 spiro atoms. The molecule has 10 heteroatoms. The van der Waals surface area contributed by atoms with Crippen LogP contribution < -0.4 is 21.5 Å². The van der Waals surface area contributed by atoms with Crippen LogP contribution in [0.25, 0.3) is 0 Å². The van der Waals surface area contributed by atoms with Crippen LogP contribution in [0, 0.1) is 5.92 Å². The molecule has 182 valence electrons. The van der Waals surface area contributed by atoms with Gasteiger partial charge < -0.3 is 25.3 Å². The molecule has 2 atom stereocenters. The van der Waals surface area contributed by atoms with Gasteiger partial charge in [-0.2, -0.15) is 0 Å². The van der Waals surface area contributed by atoms with E-state index in [4.69, 9.17) is 4.74 Å². The Kier molecular flexibility index (Phi) is 11.6. The highest BCUT2D eigenvalue weighted by molar-refractivity contribution is 5.96. The summed E-state index contributed by atoms with van der Waals surface area (Å²) in [5.74, 6) is -1.55. The van der Waals surface area contributed by atoms with E-state index in [1.54, 1.807) is 19.1 Å². The Morgan fingerprint density at radius 3 is 2.45 bits per heavy atom. The van der Waals surface area contributed by atoms with Crippen LogP contribution in [0.3, 0.4) is 0 Å². The number of hydrogen-bond acceptors (Lipinski definition) is 6. The van der Waals surface area contributed by atoms with Gasteiger partial charge in [-0.3, -0.25) is 19.2 Å². The van der Waals surface area contributed by atoms with Crippen LogP contribution in [-0.2, 0) is 30.5 Å². The summed E-state index contributed by atoms with van der Waals surface area (Å²) in [5.41, 5.74) is -0.549. The molecule has 0 aliphatic carbocycles. The Hall–Kier alpha value is -3.43. The molecule has 3 N–H and O–H groups in total. The van der Waals surface area contributed by atoms with Crippen LogP contribution in [0.5, 0.6) is 0 Å². The molecule has 33 heavy (non-hydrogen) atoms. The highest BCUT2D eigenvalue weighted by atomic mass is 16.5. The summed E-state index contributed by atoms with van der Waals surface area (Å²) in [4.78, 5) is 60.5. The summed E-state index contributed by atoms with van der Waals surface area (Å²) in [6, 6.07) is 2.01. The van der Waals surface area contributed by atoms with Gasteiger partial charge in [0, 0.05) is 25.2 Å². The fraction of sp³-hybridized carbons (Fsp3) is 0.522. The number of esters is 1. The Morgan fingerprint density at radius 2 is 1.85 bits per heavy atom. The van der Waals surface area contributed by atoms with Crippen molar-refractivity contribution in [3.05, 3.63) is 40.8 Å². The molecule has 0 saturated heterocycles. The largest absolute Gasteiger partial charge is 0.463 e. The maximum Gasteiger partial charge on any atom is 0.330 e. The highest BCUT2D eigenvalue weighted by Gasteiger charge is 2.20. The number of nitrogens with zero attached hydrogens (tertiary/aromatic N) is 1. The lowest BCUT2D eigenvalue weighted by Gasteiger charge is -2.18. The molecule has 1 heterocycles. The molecule has 0 aliphatic rings. The molecule has 0 bridgehead atoms. The minimum Gasteiger partial charge on any atom is -0.463 e. The summed E-state index contributed by atoms with van der Waals surface area (Å²) < 4.78 is 5.99. The molecule has 0 radical (unpaired) electrons. The molecule has 1 aromatic heterocycles. The van der Waals surface area contributed by atoms with E-state index in [1.807, 2.05) is 20.8 Å². The number of aromatic nitrogens is 1. The van der Waals surface area contributed by atoms with E-state index in [1.165, 1.54) is 29.8 Å². The third kappa shape index (κ3) is 10.2. The lowest BCUT2D eigenvalue weighted by Crippen LogP contribution is -2.44. The van der Waals surface area contributed by atoms with Crippen LogP contribution in [0.2, 0.25) is 0 Å². The fourth-order valence-electron chi connectivity index (χ4n) is 2.74.